The summed E-state index contributed by atoms with van der Waals surface area (Å²) in [5.41, 5.74) is 1.37. The van der Waals surface area contributed by atoms with Crippen LogP contribution >= 0.6 is 0 Å². The van der Waals surface area contributed by atoms with Gasteiger partial charge in [0.2, 0.25) is 0 Å². The Morgan fingerprint density at radius 2 is 2.10 bits per heavy atom. The topological polar surface area (TPSA) is 32.7 Å². The van der Waals surface area contributed by atoms with Gasteiger partial charge in [-0.15, -0.1) is 0 Å². The molecular formula is C17H27NO2. The van der Waals surface area contributed by atoms with E-state index in [0.717, 1.165) is 25.1 Å². The van der Waals surface area contributed by atoms with Gasteiger partial charge in [0.25, 0.3) is 0 Å². The molecule has 0 amide bonds. The van der Waals surface area contributed by atoms with E-state index in [-0.39, 0.29) is 0 Å². The minimum atomic E-state index is 0.318. The summed E-state index contributed by atoms with van der Waals surface area (Å²) in [4.78, 5) is 2.60. The highest BCUT2D eigenvalue weighted by Gasteiger charge is 2.25. The minimum Gasteiger partial charge on any atom is -0.497 e. The van der Waals surface area contributed by atoms with Crippen molar-refractivity contribution in [2.75, 3.05) is 26.8 Å². The van der Waals surface area contributed by atoms with Gasteiger partial charge in [0.15, 0.2) is 0 Å². The van der Waals surface area contributed by atoms with Gasteiger partial charge in [0.1, 0.15) is 5.75 Å². The maximum absolute atomic E-state index is 8.99. The molecule has 2 atom stereocenters. The molecule has 1 aliphatic rings. The number of hydrogen-bond acceptors (Lipinski definition) is 3. The Hall–Kier alpha value is -1.06. The third kappa shape index (κ3) is 3.97. The molecule has 1 aliphatic heterocycles. The van der Waals surface area contributed by atoms with Crippen molar-refractivity contribution in [3.63, 3.8) is 0 Å². The zero-order valence-corrected chi connectivity index (χ0v) is 12.7. The van der Waals surface area contributed by atoms with Crippen LogP contribution in [0.5, 0.6) is 5.75 Å². The lowest BCUT2D eigenvalue weighted by atomic mass is 9.99. The Kier molecular flexibility index (Phi) is 5.86. The van der Waals surface area contributed by atoms with Crippen molar-refractivity contribution in [1.29, 1.82) is 0 Å². The van der Waals surface area contributed by atoms with E-state index in [1.165, 1.54) is 24.9 Å². The molecule has 0 aliphatic carbocycles. The number of methoxy groups -OCH3 is 1. The van der Waals surface area contributed by atoms with Crippen molar-refractivity contribution < 1.29 is 9.84 Å². The molecule has 20 heavy (non-hydrogen) atoms. The van der Waals surface area contributed by atoms with E-state index in [0.29, 0.717) is 18.6 Å². The summed E-state index contributed by atoms with van der Waals surface area (Å²) in [6.07, 6.45) is 4.64. The number of likely N-dealkylation sites (tertiary alicyclic amines) is 1. The van der Waals surface area contributed by atoms with Gasteiger partial charge in [0.05, 0.1) is 7.11 Å². The highest BCUT2D eigenvalue weighted by molar-refractivity contribution is 5.29. The largest absolute Gasteiger partial charge is 0.497 e. The van der Waals surface area contributed by atoms with Gasteiger partial charge in [-0.2, -0.15) is 0 Å². The molecule has 1 N–H and O–H groups in total. The molecule has 1 heterocycles. The normalized spacial score (nSPS) is 21.1. The number of aliphatic hydroxyl groups is 1. The number of ether oxygens (including phenoxy) is 1. The van der Waals surface area contributed by atoms with Crippen molar-refractivity contribution in [3.05, 3.63) is 29.8 Å². The summed E-state index contributed by atoms with van der Waals surface area (Å²) in [6, 6.07) is 9.09. The molecule has 0 saturated carbocycles. The first-order valence-electron chi connectivity index (χ1n) is 7.73. The van der Waals surface area contributed by atoms with Crippen molar-refractivity contribution in [2.45, 2.75) is 44.6 Å². The van der Waals surface area contributed by atoms with E-state index in [2.05, 4.69) is 24.0 Å². The van der Waals surface area contributed by atoms with Gasteiger partial charge in [-0.1, -0.05) is 19.1 Å². The van der Waals surface area contributed by atoms with Crippen LogP contribution in [0.15, 0.2) is 24.3 Å². The zero-order chi connectivity index (χ0) is 14.4. The lowest BCUT2D eigenvalue weighted by Gasteiger charge is -2.27. The second-order valence-corrected chi connectivity index (χ2v) is 5.83. The number of rotatable bonds is 7. The summed E-state index contributed by atoms with van der Waals surface area (Å²) in [6.45, 7) is 4.93. The van der Waals surface area contributed by atoms with E-state index >= 15 is 0 Å². The number of hydrogen-bond donors (Lipinski definition) is 1. The highest BCUT2D eigenvalue weighted by Crippen LogP contribution is 2.26. The van der Waals surface area contributed by atoms with Crippen molar-refractivity contribution >= 4 is 0 Å². The first-order chi connectivity index (χ1) is 9.74. The smallest absolute Gasteiger partial charge is 0.118 e. The summed E-state index contributed by atoms with van der Waals surface area (Å²) in [5.74, 6) is 1.46. The fourth-order valence-electron chi connectivity index (χ4n) is 3.18. The fourth-order valence-corrected chi connectivity index (χ4v) is 3.18. The quantitative estimate of drug-likeness (QED) is 0.831. The molecular weight excluding hydrogens is 250 g/mol. The van der Waals surface area contributed by atoms with Gasteiger partial charge in [-0.05, 0) is 55.8 Å². The summed E-state index contributed by atoms with van der Waals surface area (Å²) in [7, 11) is 1.70. The van der Waals surface area contributed by atoms with Gasteiger partial charge in [-0.3, -0.25) is 4.90 Å². The van der Waals surface area contributed by atoms with Crippen LogP contribution in [0.2, 0.25) is 0 Å². The highest BCUT2D eigenvalue weighted by atomic mass is 16.5. The second-order valence-electron chi connectivity index (χ2n) is 5.83. The minimum absolute atomic E-state index is 0.318. The number of nitrogens with zero attached hydrogens (tertiary/aromatic N) is 1. The molecule has 1 fully saturated rings. The van der Waals surface area contributed by atoms with E-state index in [4.69, 9.17) is 9.84 Å². The maximum Gasteiger partial charge on any atom is 0.118 e. The lowest BCUT2D eigenvalue weighted by Crippen LogP contribution is -2.32. The number of benzene rings is 1. The van der Waals surface area contributed by atoms with Crippen LogP contribution in [0, 0.1) is 0 Å². The summed E-state index contributed by atoms with van der Waals surface area (Å²) in [5, 5.41) is 8.99. The third-order valence-electron chi connectivity index (χ3n) is 4.39. The van der Waals surface area contributed by atoms with Crippen LogP contribution in [0.1, 0.15) is 44.1 Å². The van der Waals surface area contributed by atoms with E-state index < -0.39 is 0 Å². The Morgan fingerprint density at radius 1 is 1.35 bits per heavy atom. The van der Waals surface area contributed by atoms with Crippen molar-refractivity contribution in [3.8, 4) is 5.75 Å². The second kappa shape index (κ2) is 7.65. The van der Waals surface area contributed by atoms with Gasteiger partial charge >= 0.3 is 0 Å². The molecule has 3 nitrogen and oxygen atoms in total. The zero-order valence-electron chi connectivity index (χ0n) is 12.7. The molecule has 0 aromatic heterocycles. The lowest BCUT2D eigenvalue weighted by molar-refractivity contribution is 0.209. The maximum atomic E-state index is 8.99. The molecule has 3 heteroatoms. The average Bonchev–Trinajstić information content (AvgIpc) is 2.92. The number of aliphatic hydroxyl groups excluding tert-OH is 1. The Balaban J connectivity index is 1.90. The molecule has 0 spiro atoms. The Morgan fingerprint density at radius 3 is 2.75 bits per heavy atom. The first kappa shape index (κ1) is 15.3. The summed E-state index contributed by atoms with van der Waals surface area (Å²) >= 11 is 0. The van der Waals surface area contributed by atoms with Crippen molar-refractivity contribution in [2.24, 2.45) is 0 Å². The van der Waals surface area contributed by atoms with Crippen LogP contribution < -0.4 is 4.74 Å². The predicted octanol–water partition coefficient (Wildman–Crippen LogP) is 3.04. The monoisotopic (exact) mass is 277 g/mol. The average molecular weight is 277 g/mol. The molecule has 0 radical (unpaired) electrons. The molecule has 2 unspecified atom stereocenters. The van der Waals surface area contributed by atoms with Crippen LogP contribution in [-0.2, 0) is 0 Å². The third-order valence-corrected chi connectivity index (χ3v) is 4.39. The molecule has 112 valence electrons. The molecule has 1 saturated heterocycles. The standard InChI is InChI=1S/C17H27NO2/c1-14(15-7-9-17(20-2)10-8-15)13-18-11-3-5-16(18)6-4-12-19/h7-10,14,16,19H,3-6,11-13H2,1-2H3. The van der Waals surface area contributed by atoms with Crippen LogP contribution in [0.3, 0.4) is 0 Å². The molecule has 1 aromatic carbocycles. The first-order valence-corrected chi connectivity index (χ1v) is 7.73. The molecule has 0 bridgehead atoms. The molecule has 1 aromatic rings. The van der Waals surface area contributed by atoms with Crippen molar-refractivity contribution in [1.82, 2.24) is 4.90 Å². The SMILES string of the molecule is COc1ccc(C(C)CN2CCCC2CCCO)cc1. The Labute approximate surface area is 122 Å². The van der Waals surface area contributed by atoms with Gasteiger partial charge in [0, 0.05) is 19.2 Å². The van der Waals surface area contributed by atoms with Gasteiger partial charge in [-0.25, -0.2) is 0 Å². The van der Waals surface area contributed by atoms with Crippen LogP contribution in [0.4, 0.5) is 0 Å². The predicted molar refractivity (Wildman–Crippen MR) is 82.3 cm³/mol. The fraction of sp³-hybridized carbons (Fsp3) is 0.647. The van der Waals surface area contributed by atoms with E-state index in [1.807, 2.05) is 12.1 Å². The summed E-state index contributed by atoms with van der Waals surface area (Å²) < 4.78 is 5.21. The Bertz CT molecular complexity index is 390. The van der Waals surface area contributed by atoms with E-state index in [9.17, 15) is 0 Å². The van der Waals surface area contributed by atoms with E-state index in [1.54, 1.807) is 7.11 Å². The van der Waals surface area contributed by atoms with Crippen LogP contribution in [-0.4, -0.2) is 42.9 Å². The van der Waals surface area contributed by atoms with Crippen LogP contribution in [0.25, 0.3) is 0 Å². The molecule has 2 rings (SSSR count). The van der Waals surface area contributed by atoms with Gasteiger partial charge < -0.3 is 9.84 Å².